The monoisotopic (exact) mass is 286 g/mol. The minimum Gasteiger partial charge on any atom is -0.348 e. The molecule has 0 aliphatic carbocycles. The van der Waals surface area contributed by atoms with E-state index in [-0.39, 0.29) is 23.1 Å². The summed E-state index contributed by atoms with van der Waals surface area (Å²) < 4.78 is 0. The minimum atomic E-state index is -0.248. The van der Waals surface area contributed by atoms with Crippen molar-refractivity contribution < 1.29 is 4.79 Å². The average Bonchev–Trinajstić information content (AvgIpc) is 2.96. The molecule has 0 unspecified atom stereocenters. The lowest BCUT2D eigenvalue weighted by molar-refractivity contribution is 0.0935. The van der Waals surface area contributed by atoms with Crippen LogP contribution in [0.3, 0.4) is 0 Å². The molecule has 0 saturated carbocycles. The molecule has 2 aromatic rings. The first-order chi connectivity index (χ1) is 9.90. The summed E-state index contributed by atoms with van der Waals surface area (Å²) in [5.74, 6) is 0.895. The molecule has 5 heteroatoms. The molecular weight excluding hydrogens is 264 g/mol. The summed E-state index contributed by atoms with van der Waals surface area (Å²) in [4.78, 5) is 16.3. The van der Waals surface area contributed by atoms with Crippen molar-refractivity contribution in [2.75, 3.05) is 6.54 Å². The number of H-pyrrole nitrogens is 1. The summed E-state index contributed by atoms with van der Waals surface area (Å²) in [5, 5.41) is 9.66. The third-order valence-corrected chi connectivity index (χ3v) is 3.50. The molecule has 0 fully saturated rings. The molecule has 1 aromatic carbocycles. The Morgan fingerprint density at radius 1 is 1.29 bits per heavy atom. The Bertz CT molecular complexity index is 602. The Kier molecular flexibility index (Phi) is 4.40. The number of benzene rings is 1. The Morgan fingerprint density at radius 3 is 2.52 bits per heavy atom. The summed E-state index contributed by atoms with van der Waals surface area (Å²) >= 11 is 0. The fourth-order valence-corrected chi connectivity index (χ4v) is 2.01. The second-order valence-electron chi connectivity index (χ2n) is 6.13. The molecular formula is C16H22N4O. The van der Waals surface area contributed by atoms with Gasteiger partial charge in [0.25, 0.3) is 5.91 Å². The predicted molar refractivity (Wildman–Crippen MR) is 82.3 cm³/mol. The van der Waals surface area contributed by atoms with Crippen LogP contribution in [0.4, 0.5) is 0 Å². The summed E-state index contributed by atoms with van der Waals surface area (Å²) in [6.45, 7) is 8.73. The Labute approximate surface area is 125 Å². The van der Waals surface area contributed by atoms with Crippen molar-refractivity contribution in [3.8, 4) is 0 Å². The van der Waals surface area contributed by atoms with Crippen LogP contribution in [0.15, 0.2) is 30.3 Å². The van der Waals surface area contributed by atoms with Gasteiger partial charge in [0.2, 0.25) is 5.82 Å². The van der Waals surface area contributed by atoms with Crippen molar-refractivity contribution in [2.45, 2.75) is 39.0 Å². The predicted octanol–water partition coefficient (Wildman–Crippen LogP) is 2.64. The van der Waals surface area contributed by atoms with Crippen molar-refractivity contribution in [1.29, 1.82) is 0 Å². The van der Waals surface area contributed by atoms with E-state index < -0.39 is 0 Å². The van der Waals surface area contributed by atoms with Crippen LogP contribution in [0, 0.1) is 0 Å². The molecule has 0 aliphatic heterocycles. The van der Waals surface area contributed by atoms with Crippen LogP contribution in [-0.4, -0.2) is 27.6 Å². The first-order valence-electron chi connectivity index (χ1n) is 7.16. The molecule has 2 N–H and O–H groups in total. The summed E-state index contributed by atoms with van der Waals surface area (Å²) in [6.07, 6.45) is 0. The minimum absolute atomic E-state index is 0.145. The van der Waals surface area contributed by atoms with Gasteiger partial charge in [0, 0.05) is 17.9 Å². The molecule has 1 amide bonds. The molecule has 1 aromatic heterocycles. The van der Waals surface area contributed by atoms with Crippen molar-refractivity contribution in [1.82, 2.24) is 20.5 Å². The van der Waals surface area contributed by atoms with E-state index in [1.165, 1.54) is 5.56 Å². The van der Waals surface area contributed by atoms with E-state index >= 15 is 0 Å². The second-order valence-corrected chi connectivity index (χ2v) is 6.13. The number of aromatic amines is 1. The lowest BCUT2D eigenvalue weighted by Gasteiger charge is -2.25. The molecule has 0 spiro atoms. The van der Waals surface area contributed by atoms with Gasteiger partial charge in [-0.2, -0.15) is 0 Å². The van der Waals surface area contributed by atoms with Crippen molar-refractivity contribution in [3.63, 3.8) is 0 Å². The maximum absolute atomic E-state index is 12.1. The number of nitrogens with zero attached hydrogens (tertiary/aromatic N) is 2. The molecule has 0 saturated heterocycles. The third kappa shape index (κ3) is 3.68. The van der Waals surface area contributed by atoms with Crippen LogP contribution < -0.4 is 5.32 Å². The maximum Gasteiger partial charge on any atom is 0.290 e. The van der Waals surface area contributed by atoms with Crippen molar-refractivity contribution in [3.05, 3.63) is 47.5 Å². The smallest absolute Gasteiger partial charge is 0.290 e. The normalized spacial score (nSPS) is 11.7. The zero-order valence-electron chi connectivity index (χ0n) is 13.0. The first-order valence-corrected chi connectivity index (χ1v) is 7.16. The number of carbonyl (C=O) groups excluding carboxylic acids is 1. The Balaban J connectivity index is 2.00. The highest BCUT2D eigenvalue weighted by molar-refractivity contribution is 5.90. The van der Waals surface area contributed by atoms with Crippen molar-refractivity contribution in [2.24, 2.45) is 0 Å². The first kappa shape index (κ1) is 15.2. The molecule has 5 nitrogen and oxygen atoms in total. The quantitative estimate of drug-likeness (QED) is 0.887. The number of carbonyl (C=O) groups is 1. The lowest BCUT2D eigenvalue weighted by Crippen LogP contribution is -2.37. The highest BCUT2D eigenvalue weighted by atomic mass is 16.2. The van der Waals surface area contributed by atoms with Gasteiger partial charge in [0.05, 0.1) is 0 Å². The molecule has 21 heavy (non-hydrogen) atoms. The molecule has 0 radical (unpaired) electrons. The fourth-order valence-electron chi connectivity index (χ4n) is 2.01. The van der Waals surface area contributed by atoms with E-state index in [4.69, 9.17) is 0 Å². The van der Waals surface area contributed by atoms with E-state index in [2.05, 4.69) is 46.5 Å². The Hall–Kier alpha value is -2.17. The van der Waals surface area contributed by atoms with Crippen LogP contribution in [0.25, 0.3) is 0 Å². The van der Waals surface area contributed by atoms with Crippen LogP contribution >= 0.6 is 0 Å². The second kappa shape index (κ2) is 6.08. The van der Waals surface area contributed by atoms with Crippen LogP contribution in [0.2, 0.25) is 0 Å². The van der Waals surface area contributed by atoms with Crippen LogP contribution in [0.1, 0.15) is 55.6 Å². The largest absolute Gasteiger partial charge is 0.348 e. The van der Waals surface area contributed by atoms with Gasteiger partial charge in [-0.1, -0.05) is 58.0 Å². The summed E-state index contributed by atoms with van der Waals surface area (Å²) in [7, 11) is 0. The highest BCUT2D eigenvalue weighted by Gasteiger charge is 2.22. The Morgan fingerprint density at radius 2 is 1.95 bits per heavy atom. The number of hydrogen-bond donors (Lipinski definition) is 2. The SMILES string of the molecule is CC(C)c1nc(C(=O)NCC(C)(C)c2ccccc2)n[nH]1. The summed E-state index contributed by atoms with van der Waals surface area (Å²) in [5.41, 5.74) is 1.04. The zero-order chi connectivity index (χ0) is 15.5. The van der Waals surface area contributed by atoms with Gasteiger partial charge in [0.1, 0.15) is 5.82 Å². The average molecular weight is 286 g/mol. The summed E-state index contributed by atoms with van der Waals surface area (Å²) in [6, 6.07) is 10.1. The van der Waals surface area contributed by atoms with E-state index in [9.17, 15) is 4.79 Å². The third-order valence-electron chi connectivity index (χ3n) is 3.50. The van der Waals surface area contributed by atoms with Gasteiger partial charge in [-0.05, 0) is 5.56 Å². The van der Waals surface area contributed by atoms with Crippen LogP contribution in [-0.2, 0) is 5.41 Å². The topological polar surface area (TPSA) is 70.7 Å². The zero-order valence-corrected chi connectivity index (χ0v) is 13.0. The van der Waals surface area contributed by atoms with Gasteiger partial charge < -0.3 is 5.32 Å². The molecule has 2 rings (SSSR count). The number of nitrogens with one attached hydrogen (secondary N) is 2. The number of hydrogen-bond acceptors (Lipinski definition) is 3. The van der Waals surface area contributed by atoms with Crippen LogP contribution in [0.5, 0.6) is 0 Å². The van der Waals surface area contributed by atoms with E-state index in [0.29, 0.717) is 6.54 Å². The van der Waals surface area contributed by atoms with E-state index in [1.54, 1.807) is 0 Å². The number of rotatable bonds is 5. The maximum atomic E-state index is 12.1. The highest BCUT2D eigenvalue weighted by Crippen LogP contribution is 2.21. The van der Waals surface area contributed by atoms with Gasteiger partial charge >= 0.3 is 0 Å². The van der Waals surface area contributed by atoms with E-state index in [0.717, 1.165) is 5.82 Å². The molecule has 0 bridgehead atoms. The molecule has 1 heterocycles. The van der Waals surface area contributed by atoms with Crippen molar-refractivity contribution >= 4 is 5.91 Å². The van der Waals surface area contributed by atoms with E-state index in [1.807, 2.05) is 32.0 Å². The van der Waals surface area contributed by atoms with Gasteiger partial charge in [-0.25, -0.2) is 4.98 Å². The standard InChI is InChI=1S/C16H22N4O/c1-11(2)13-18-14(20-19-13)15(21)17-10-16(3,4)12-8-6-5-7-9-12/h5-9,11H,10H2,1-4H3,(H,17,21)(H,18,19,20). The molecule has 112 valence electrons. The lowest BCUT2D eigenvalue weighted by atomic mass is 9.84. The van der Waals surface area contributed by atoms with Gasteiger partial charge in [-0.3, -0.25) is 9.89 Å². The molecule has 0 atom stereocenters. The number of aromatic nitrogens is 3. The number of amides is 1. The molecule has 0 aliphatic rings. The fraction of sp³-hybridized carbons (Fsp3) is 0.438. The van der Waals surface area contributed by atoms with Gasteiger partial charge in [0.15, 0.2) is 0 Å². The van der Waals surface area contributed by atoms with Gasteiger partial charge in [-0.15, -0.1) is 5.10 Å².